The van der Waals surface area contributed by atoms with Gasteiger partial charge in [-0.1, -0.05) is 56.2 Å². The molecule has 1 aliphatic carbocycles. The number of anilines is 1. The predicted octanol–water partition coefficient (Wildman–Crippen LogP) is 3.58. The number of aryl methyl sites for hydroxylation is 1. The fourth-order valence-corrected chi connectivity index (χ4v) is 5.74. The van der Waals surface area contributed by atoms with Crippen LogP contribution in [0.25, 0.3) is 0 Å². The molecule has 2 aromatic rings. The van der Waals surface area contributed by atoms with Crippen molar-refractivity contribution >= 4 is 33.2 Å². The van der Waals surface area contributed by atoms with Gasteiger partial charge in [0.1, 0.15) is 12.6 Å². The number of benzene rings is 2. The maximum Gasteiger partial charge on any atom is 0.271 e. The number of carbonyl (C=O) groups excluding carboxylic acids is 2. The second kappa shape index (κ2) is 12.9. The van der Waals surface area contributed by atoms with Gasteiger partial charge in [0.15, 0.2) is 0 Å². The third-order valence-corrected chi connectivity index (χ3v) is 8.05. The maximum absolute atomic E-state index is 13.8. The van der Waals surface area contributed by atoms with Crippen LogP contribution in [-0.2, 0) is 26.0 Å². The molecule has 206 valence electrons. The molecule has 1 N–H and O–H groups in total. The van der Waals surface area contributed by atoms with Crippen LogP contribution in [0.3, 0.4) is 0 Å². The van der Waals surface area contributed by atoms with E-state index >= 15 is 0 Å². The van der Waals surface area contributed by atoms with Crippen LogP contribution in [0.4, 0.5) is 11.4 Å². The van der Waals surface area contributed by atoms with Gasteiger partial charge in [-0.15, -0.1) is 0 Å². The molecule has 1 saturated carbocycles. The topological polar surface area (TPSA) is 130 Å². The Labute approximate surface area is 224 Å². The Morgan fingerprint density at radius 3 is 2.37 bits per heavy atom. The van der Waals surface area contributed by atoms with Gasteiger partial charge in [-0.3, -0.25) is 24.0 Å². The van der Waals surface area contributed by atoms with Crippen molar-refractivity contribution < 1.29 is 22.9 Å². The van der Waals surface area contributed by atoms with Gasteiger partial charge in [0.2, 0.25) is 21.8 Å². The molecule has 1 atom stereocenters. The van der Waals surface area contributed by atoms with Crippen LogP contribution in [-0.4, -0.2) is 61.5 Å². The molecule has 0 radical (unpaired) electrons. The zero-order valence-corrected chi connectivity index (χ0v) is 22.9. The lowest BCUT2D eigenvalue weighted by Crippen LogP contribution is -2.54. The average molecular weight is 545 g/mol. The van der Waals surface area contributed by atoms with Crippen LogP contribution in [0.5, 0.6) is 0 Å². The predicted molar refractivity (Wildman–Crippen MR) is 146 cm³/mol. The molecule has 0 bridgehead atoms. The highest BCUT2D eigenvalue weighted by atomic mass is 32.2. The van der Waals surface area contributed by atoms with E-state index in [2.05, 4.69) is 5.32 Å². The van der Waals surface area contributed by atoms with Crippen molar-refractivity contribution in [3.63, 3.8) is 0 Å². The quantitative estimate of drug-likeness (QED) is 0.321. The molecule has 2 aromatic carbocycles. The smallest absolute Gasteiger partial charge is 0.271 e. The summed E-state index contributed by atoms with van der Waals surface area (Å²) in [5.74, 6) is -0.802. The van der Waals surface area contributed by atoms with Crippen LogP contribution in [0.2, 0.25) is 0 Å². The van der Waals surface area contributed by atoms with Crippen LogP contribution in [0, 0.1) is 17.0 Å². The van der Waals surface area contributed by atoms with Gasteiger partial charge in [0.05, 0.1) is 16.9 Å². The molecule has 0 aliphatic heterocycles. The summed E-state index contributed by atoms with van der Waals surface area (Å²) >= 11 is 0. The first kappa shape index (κ1) is 29.1. The summed E-state index contributed by atoms with van der Waals surface area (Å²) in [6, 6.07) is 12.7. The SMILES string of the molecule is CC[C@@H](C(=O)NC1CCCC1)N(CCc1ccccc1)C(=O)CN(c1cc([N+](=O)[O-])ccc1C)S(C)(=O)=O. The van der Waals surface area contributed by atoms with Gasteiger partial charge in [-0.25, -0.2) is 8.42 Å². The van der Waals surface area contributed by atoms with Gasteiger partial charge in [0, 0.05) is 24.7 Å². The van der Waals surface area contributed by atoms with E-state index in [0.717, 1.165) is 47.9 Å². The second-order valence-corrected chi connectivity index (χ2v) is 11.6. The minimum atomic E-state index is -3.99. The fraction of sp³-hybridized carbons (Fsp3) is 0.481. The molecular weight excluding hydrogens is 508 g/mol. The van der Waals surface area contributed by atoms with Crippen LogP contribution >= 0.6 is 0 Å². The maximum atomic E-state index is 13.8. The van der Waals surface area contributed by atoms with Gasteiger partial charge < -0.3 is 10.2 Å². The minimum Gasteiger partial charge on any atom is -0.352 e. The van der Waals surface area contributed by atoms with E-state index in [1.165, 1.54) is 17.0 Å². The number of nitrogens with one attached hydrogen (secondary N) is 1. The number of hydrogen-bond acceptors (Lipinski definition) is 6. The van der Waals surface area contributed by atoms with Gasteiger partial charge in [0.25, 0.3) is 5.69 Å². The van der Waals surface area contributed by atoms with Crippen molar-refractivity contribution in [1.29, 1.82) is 0 Å². The molecule has 0 saturated heterocycles. The molecular formula is C27H36N4O6S. The number of carbonyl (C=O) groups is 2. The third-order valence-electron chi connectivity index (χ3n) is 6.92. The monoisotopic (exact) mass is 544 g/mol. The van der Waals surface area contributed by atoms with E-state index in [1.807, 2.05) is 37.3 Å². The summed E-state index contributed by atoms with van der Waals surface area (Å²) in [5.41, 5.74) is 1.22. The molecule has 2 amide bonds. The molecule has 0 aromatic heterocycles. The van der Waals surface area contributed by atoms with Crippen molar-refractivity contribution in [3.05, 3.63) is 69.8 Å². The summed E-state index contributed by atoms with van der Waals surface area (Å²) in [6.07, 6.45) is 5.68. The lowest BCUT2D eigenvalue weighted by molar-refractivity contribution is -0.384. The van der Waals surface area contributed by atoms with Gasteiger partial charge in [-0.2, -0.15) is 0 Å². The molecule has 3 rings (SSSR count). The summed E-state index contributed by atoms with van der Waals surface area (Å²) in [5, 5.41) is 14.4. The molecule has 1 fully saturated rings. The Hall–Kier alpha value is -3.47. The van der Waals surface area contributed by atoms with Crippen LogP contribution in [0.1, 0.15) is 50.2 Å². The molecule has 0 heterocycles. The number of non-ortho nitro benzene ring substituents is 1. The second-order valence-electron chi connectivity index (χ2n) is 9.73. The van der Waals surface area contributed by atoms with E-state index in [1.54, 1.807) is 6.92 Å². The van der Waals surface area contributed by atoms with Crippen molar-refractivity contribution in [1.82, 2.24) is 10.2 Å². The number of nitro groups is 1. The normalized spacial score (nSPS) is 14.6. The molecule has 0 spiro atoms. The third kappa shape index (κ3) is 7.53. The number of sulfonamides is 1. The minimum absolute atomic E-state index is 0.0570. The molecule has 10 nitrogen and oxygen atoms in total. The van der Waals surface area contributed by atoms with Crippen molar-refractivity contribution in [2.24, 2.45) is 0 Å². The number of rotatable bonds is 12. The van der Waals surface area contributed by atoms with Gasteiger partial charge >= 0.3 is 0 Å². The highest BCUT2D eigenvalue weighted by Gasteiger charge is 2.33. The highest BCUT2D eigenvalue weighted by Crippen LogP contribution is 2.28. The Balaban J connectivity index is 1.93. The Bertz CT molecular complexity index is 1250. The summed E-state index contributed by atoms with van der Waals surface area (Å²) in [4.78, 5) is 39.3. The van der Waals surface area contributed by atoms with Crippen LogP contribution < -0.4 is 9.62 Å². The number of nitro benzene ring substituents is 1. The summed E-state index contributed by atoms with van der Waals surface area (Å²) < 4.78 is 26.5. The lowest BCUT2D eigenvalue weighted by Gasteiger charge is -2.33. The van der Waals surface area contributed by atoms with E-state index in [9.17, 15) is 28.1 Å². The first-order chi connectivity index (χ1) is 18.0. The standard InChI is InChI=1S/C27H36N4O6S/c1-4-24(27(33)28-22-12-8-9-13-22)29(17-16-21-10-6-5-7-11-21)26(32)19-30(38(3,36)37)25-18-23(31(34)35)15-14-20(25)2/h5-7,10-11,14-15,18,22,24H,4,8-9,12-13,16-17,19H2,1-3H3,(H,28,33)/t24-/m0/s1. The van der Waals surface area contributed by atoms with E-state index in [4.69, 9.17) is 0 Å². The van der Waals surface area contributed by atoms with E-state index in [0.29, 0.717) is 18.4 Å². The molecule has 0 unspecified atom stereocenters. The zero-order chi connectivity index (χ0) is 27.9. The van der Waals surface area contributed by atoms with E-state index in [-0.39, 0.29) is 29.9 Å². The summed E-state index contributed by atoms with van der Waals surface area (Å²) in [7, 11) is -3.99. The first-order valence-electron chi connectivity index (χ1n) is 12.9. The number of nitrogens with zero attached hydrogens (tertiary/aromatic N) is 3. The largest absolute Gasteiger partial charge is 0.352 e. The molecule has 1 aliphatic rings. The lowest BCUT2D eigenvalue weighted by atomic mass is 10.1. The number of hydrogen-bond donors (Lipinski definition) is 1. The Morgan fingerprint density at radius 1 is 1.13 bits per heavy atom. The average Bonchev–Trinajstić information content (AvgIpc) is 3.38. The van der Waals surface area contributed by atoms with Crippen molar-refractivity contribution in [3.8, 4) is 0 Å². The molecule has 38 heavy (non-hydrogen) atoms. The Kier molecular flexibility index (Phi) is 9.84. The number of amides is 2. The van der Waals surface area contributed by atoms with E-state index < -0.39 is 33.4 Å². The first-order valence-corrected chi connectivity index (χ1v) is 14.7. The van der Waals surface area contributed by atoms with Crippen LogP contribution in [0.15, 0.2) is 48.5 Å². The molecule has 11 heteroatoms. The fourth-order valence-electron chi connectivity index (χ4n) is 4.84. The van der Waals surface area contributed by atoms with Crippen molar-refractivity contribution in [2.45, 2.75) is 64.5 Å². The highest BCUT2D eigenvalue weighted by molar-refractivity contribution is 7.92. The van der Waals surface area contributed by atoms with Crippen molar-refractivity contribution in [2.75, 3.05) is 23.7 Å². The summed E-state index contributed by atoms with van der Waals surface area (Å²) in [6.45, 7) is 3.08. The van der Waals surface area contributed by atoms with Gasteiger partial charge in [-0.05, 0) is 43.7 Å². The Morgan fingerprint density at radius 2 is 1.79 bits per heavy atom. The zero-order valence-electron chi connectivity index (χ0n) is 22.1.